The molecule has 0 saturated heterocycles. The number of hydrogen-bond acceptors (Lipinski definition) is 1. The van der Waals surface area contributed by atoms with E-state index in [1.807, 2.05) is 18.2 Å². The lowest BCUT2D eigenvalue weighted by Gasteiger charge is -2.05. The van der Waals surface area contributed by atoms with Gasteiger partial charge in [0.25, 0.3) is 0 Å². The molecule has 0 aliphatic heterocycles. The summed E-state index contributed by atoms with van der Waals surface area (Å²) in [5.41, 5.74) is 5.46. The van der Waals surface area contributed by atoms with E-state index in [-0.39, 0.29) is 0 Å². The first-order valence-corrected chi connectivity index (χ1v) is 9.14. The van der Waals surface area contributed by atoms with Crippen molar-refractivity contribution in [1.29, 1.82) is 0 Å². The van der Waals surface area contributed by atoms with Crippen LogP contribution in [-0.2, 0) is 0 Å². The van der Waals surface area contributed by atoms with Crippen LogP contribution in [-0.4, -0.2) is 14.0 Å². The summed E-state index contributed by atoms with van der Waals surface area (Å²) in [6.45, 7) is 0. The summed E-state index contributed by atoms with van der Waals surface area (Å²) >= 11 is 7.17. The van der Waals surface area contributed by atoms with Gasteiger partial charge >= 0.3 is 0 Å². The van der Waals surface area contributed by atoms with Crippen molar-refractivity contribution < 1.29 is 0 Å². The second-order valence-electron chi connectivity index (χ2n) is 5.68. The zero-order valence-electron chi connectivity index (χ0n) is 12.4. The quantitative estimate of drug-likeness (QED) is 0.315. The molecule has 24 heavy (non-hydrogen) atoms. The summed E-state index contributed by atoms with van der Waals surface area (Å²) in [6, 6.07) is 22.9. The Labute approximate surface area is 154 Å². The van der Waals surface area contributed by atoms with Crippen LogP contribution in [0.15, 0.2) is 75.7 Å². The molecule has 0 aliphatic rings. The summed E-state index contributed by atoms with van der Waals surface area (Å²) in [5, 5.41) is 0. The number of rotatable bonds is 1. The van der Waals surface area contributed by atoms with Crippen molar-refractivity contribution >= 4 is 59.7 Å². The van der Waals surface area contributed by atoms with Crippen molar-refractivity contribution in [3.63, 3.8) is 0 Å². The van der Waals surface area contributed by atoms with E-state index in [9.17, 15) is 0 Å². The summed E-state index contributed by atoms with van der Waals surface area (Å²) in [6.07, 6.45) is 0. The van der Waals surface area contributed by atoms with Gasteiger partial charge in [-0.1, -0.05) is 50.1 Å². The molecule has 0 unspecified atom stereocenters. The Bertz CT molecular complexity index is 1230. The fourth-order valence-electron chi connectivity index (χ4n) is 3.24. The van der Waals surface area contributed by atoms with Crippen LogP contribution < -0.4 is 0 Å². The second kappa shape index (κ2) is 5.19. The SMILES string of the molecule is Brc1cccc(-n2c3ccc(Br)cc3n3c4ccccc4nc23)c1. The predicted octanol–water partition coefficient (Wildman–Crippen LogP) is 5.96. The number of para-hydroxylation sites is 2. The van der Waals surface area contributed by atoms with Crippen LogP contribution in [0.2, 0.25) is 0 Å². The third-order valence-corrected chi connectivity index (χ3v) is 5.22. The van der Waals surface area contributed by atoms with Crippen molar-refractivity contribution in [2.45, 2.75) is 0 Å². The van der Waals surface area contributed by atoms with Gasteiger partial charge in [0.2, 0.25) is 5.78 Å². The normalized spacial score (nSPS) is 11.8. The average Bonchev–Trinajstić information content (AvgIpc) is 3.09. The molecular formula is C19H11Br2N3. The van der Waals surface area contributed by atoms with E-state index in [1.54, 1.807) is 0 Å². The van der Waals surface area contributed by atoms with E-state index in [1.165, 1.54) is 0 Å². The molecule has 5 rings (SSSR count). The molecule has 0 atom stereocenters. The van der Waals surface area contributed by atoms with Gasteiger partial charge in [0.15, 0.2) is 0 Å². The van der Waals surface area contributed by atoms with Crippen molar-refractivity contribution in [1.82, 2.24) is 14.0 Å². The van der Waals surface area contributed by atoms with Crippen molar-refractivity contribution in [2.24, 2.45) is 0 Å². The Morgan fingerprint density at radius 3 is 2.42 bits per heavy atom. The van der Waals surface area contributed by atoms with Crippen LogP contribution in [0.25, 0.3) is 33.5 Å². The molecule has 5 aromatic rings. The third kappa shape index (κ3) is 1.98. The molecule has 2 heterocycles. The molecule has 0 bridgehead atoms. The van der Waals surface area contributed by atoms with Crippen LogP contribution in [0.4, 0.5) is 0 Å². The minimum Gasteiger partial charge on any atom is -0.278 e. The van der Waals surface area contributed by atoms with Gasteiger partial charge < -0.3 is 0 Å². The number of aromatic nitrogens is 3. The topological polar surface area (TPSA) is 22.2 Å². The highest BCUT2D eigenvalue weighted by atomic mass is 79.9. The van der Waals surface area contributed by atoms with Crippen molar-refractivity contribution in [3.8, 4) is 5.69 Å². The van der Waals surface area contributed by atoms with Gasteiger partial charge in [0.1, 0.15) is 0 Å². The van der Waals surface area contributed by atoms with Crippen molar-refractivity contribution in [2.75, 3.05) is 0 Å². The zero-order chi connectivity index (χ0) is 16.3. The number of halogens is 2. The van der Waals surface area contributed by atoms with E-state index < -0.39 is 0 Å². The van der Waals surface area contributed by atoms with Crippen molar-refractivity contribution in [3.05, 3.63) is 75.7 Å². The standard InChI is InChI=1S/C19H11Br2N3/c20-12-4-3-5-14(10-12)23-17-9-8-13(21)11-18(17)24-16-7-2-1-6-15(16)22-19(23)24/h1-11H. The molecule has 0 radical (unpaired) electrons. The van der Waals surface area contributed by atoms with Crippen LogP contribution >= 0.6 is 31.9 Å². The maximum absolute atomic E-state index is 4.88. The lowest BCUT2D eigenvalue weighted by Crippen LogP contribution is -1.94. The summed E-state index contributed by atoms with van der Waals surface area (Å²) in [7, 11) is 0. The molecular weight excluding hydrogens is 430 g/mol. The van der Waals surface area contributed by atoms with Gasteiger partial charge in [0.05, 0.1) is 27.8 Å². The first-order valence-electron chi connectivity index (χ1n) is 7.55. The highest BCUT2D eigenvalue weighted by Gasteiger charge is 2.17. The molecule has 0 N–H and O–H groups in total. The van der Waals surface area contributed by atoms with E-state index in [0.29, 0.717) is 0 Å². The summed E-state index contributed by atoms with van der Waals surface area (Å²) < 4.78 is 6.53. The lowest BCUT2D eigenvalue weighted by atomic mass is 10.2. The molecule has 0 spiro atoms. The van der Waals surface area contributed by atoms with Gasteiger partial charge in [-0.25, -0.2) is 4.98 Å². The fraction of sp³-hybridized carbons (Fsp3) is 0. The van der Waals surface area contributed by atoms with Gasteiger partial charge in [0, 0.05) is 8.95 Å². The van der Waals surface area contributed by atoms with E-state index in [4.69, 9.17) is 4.98 Å². The Hall–Kier alpha value is -2.11. The summed E-state index contributed by atoms with van der Waals surface area (Å²) in [5.74, 6) is 0.919. The van der Waals surface area contributed by atoms with Crippen LogP contribution in [0, 0.1) is 0 Å². The molecule has 3 nitrogen and oxygen atoms in total. The number of fused-ring (bicyclic) bond motifs is 5. The lowest BCUT2D eigenvalue weighted by molar-refractivity contribution is 1.11. The highest BCUT2D eigenvalue weighted by Crippen LogP contribution is 2.31. The number of benzene rings is 3. The number of nitrogens with zero attached hydrogens (tertiary/aromatic N) is 3. The second-order valence-corrected chi connectivity index (χ2v) is 7.52. The Morgan fingerprint density at radius 2 is 1.54 bits per heavy atom. The maximum atomic E-state index is 4.88. The van der Waals surface area contributed by atoms with E-state index in [2.05, 4.69) is 89.4 Å². The first-order chi connectivity index (χ1) is 11.7. The average molecular weight is 441 g/mol. The molecule has 0 saturated carbocycles. The smallest absolute Gasteiger partial charge is 0.220 e. The minimum atomic E-state index is 0.919. The van der Waals surface area contributed by atoms with E-state index in [0.717, 1.165) is 42.5 Å². The van der Waals surface area contributed by atoms with Gasteiger partial charge in [-0.05, 0) is 48.5 Å². The van der Waals surface area contributed by atoms with Crippen LogP contribution in [0.5, 0.6) is 0 Å². The predicted molar refractivity (Wildman–Crippen MR) is 105 cm³/mol. The molecule has 0 fully saturated rings. The number of imidazole rings is 2. The Kier molecular flexibility index (Phi) is 3.08. The Morgan fingerprint density at radius 1 is 0.708 bits per heavy atom. The Balaban J connectivity index is 2.04. The largest absolute Gasteiger partial charge is 0.278 e. The molecule has 2 aromatic heterocycles. The third-order valence-electron chi connectivity index (χ3n) is 4.23. The maximum Gasteiger partial charge on any atom is 0.220 e. The first kappa shape index (κ1) is 14.3. The summed E-state index contributed by atoms with van der Waals surface area (Å²) in [4.78, 5) is 4.88. The molecule has 0 amide bonds. The minimum absolute atomic E-state index is 0.919. The van der Waals surface area contributed by atoms with Gasteiger partial charge in [-0.3, -0.25) is 8.97 Å². The fourth-order valence-corrected chi connectivity index (χ4v) is 3.98. The monoisotopic (exact) mass is 439 g/mol. The molecule has 0 aliphatic carbocycles. The van der Waals surface area contributed by atoms with E-state index >= 15 is 0 Å². The van der Waals surface area contributed by atoms with Crippen LogP contribution in [0.3, 0.4) is 0 Å². The number of hydrogen-bond donors (Lipinski definition) is 0. The zero-order valence-corrected chi connectivity index (χ0v) is 15.6. The van der Waals surface area contributed by atoms with Gasteiger partial charge in [-0.15, -0.1) is 0 Å². The molecule has 5 heteroatoms. The highest BCUT2D eigenvalue weighted by molar-refractivity contribution is 9.10. The van der Waals surface area contributed by atoms with Crippen LogP contribution in [0.1, 0.15) is 0 Å². The molecule has 116 valence electrons. The van der Waals surface area contributed by atoms with Gasteiger partial charge in [-0.2, -0.15) is 0 Å². The molecule has 3 aromatic carbocycles.